The first-order valence-electron chi connectivity index (χ1n) is 10.2. The molecule has 0 spiro atoms. The predicted octanol–water partition coefficient (Wildman–Crippen LogP) is 3.85. The van der Waals surface area contributed by atoms with Crippen molar-refractivity contribution in [3.05, 3.63) is 76.1 Å². The fraction of sp³-hybridized carbons (Fsp3) is 0.174. The Hall–Kier alpha value is -3.69. The Morgan fingerprint density at radius 3 is 2.56 bits per heavy atom. The van der Waals surface area contributed by atoms with E-state index in [0.29, 0.717) is 35.2 Å². The molecule has 5 rings (SSSR count). The second-order valence-electron chi connectivity index (χ2n) is 7.27. The number of aromatic nitrogens is 2. The highest BCUT2D eigenvalue weighted by atomic mass is 32.1. The second-order valence-corrected chi connectivity index (χ2v) is 8.30. The maximum Gasteiger partial charge on any atom is 0.439 e. The number of amides is 1. The molecule has 2 aromatic carbocycles. The molecule has 4 aromatic rings. The maximum atomic E-state index is 13.1. The number of anilines is 2. The van der Waals surface area contributed by atoms with E-state index in [9.17, 15) is 9.59 Å². The number of morpholine rings is 1. The van der Waals surface area contributed by atoms with Gasteiger partial charge in [0.2, 0.25) is 0 Å². The van der Waals surface area contributed by atoms with Gasteiger partial charge in [0.05, 0.1) is 23.1 Å². The van der Waals surface area contributed by atoms with Crippen LogP contribution in [0, 0.1) is 0 Å². The number of nitrogens with one attached hydrogen (secondary N) is 2. The average Bonchev–Trinajstić information content (AvgIpc) is 3.47. The van der Waals surface area contributed by atoms with Gasteiger partial charge < -0.3 is 15.0 Å². The molecular weight excluding hydrogens is 428 g/mol. The van der Waals surface area contributed by atoms with Crippen molar-refractivity contribution in [3.8, 4) is 22.5 Å². The van der Waals surface area contributed by atoms with Gasteiger partial charge in [-0.3, -0.25) is 14.3 Å². The summed E-state index contributed by atoms with van der Waals surface area (Å²) < 4.78 is 10.1. The van der Waals surface area contributed by atoms with Crippen molar-refractivity contribution in [1.82, 2.24) is 10.1 Å². The minimum absolute atomic E-state index is 0.197. The molecule has 0 atom stereocenters. The van der Waals surface area contributed by atoms with Crippen LogP contribution < -0.4 is 16.0 Å². The van der Waals surface area contributed by atoms with E-state index in [-0.39, 0.29) is 5.91 Å². The van der Waals surface area contributed by atoms with Crippen molar-refractivity contribution in [2.24, 2.45) is 0 Å². The number of nitrogens with zero attached hydrogens (tertiary/aromatic N) is 2. The lowest BCUT2D eigenvalue weighted by Crippen LogP contribution is -2.35. The normalized spacial score (nSPS) is 13.8. The summed E-state index contributed by atoms with van der Waals surface area (Å²) in [6.07, 6.45) is 0. The number of carbonyl (C=O) groups excluding carboxylic acids is 1. The molecule has 3 heterocycles. The van der Waals surface area contributed by atoms with Crippen LogP contribution in [0.15, 0.2) is 70.0 Å². The zero-order valence-electron chi connectivity index (χ0n) is 17.0. The van der Waals surface area contributed by atoms with Crippen molar-refractivity contribution in [3.63, 3.8) is 0 Å². The molecule has 9 heteroatoms. The van der Waals surface area contributed by atoms with Crippen LogP contribution in [0.5, 0.6) is 0 Å². The number of thiophene rings is 1. The van der Waals surface area contributed by atoms with Crippen LogP contribution in [0.3, 0.4) is 0 Å². The highest BCUT2D eigenvalue weighted by Gasteiger charge is 2.22. The van der Waals surface area contributed by atoms with Crippen LogP contribution in [0.2, 0.25) is 0 Å². The second kappa shape index (κ2) is 8.81. The highest BCUT2D eigenvalue weighted by Crippen LogP contribution is 2.39. The van der Waals surface area contributed by atoms with Crippen LogP contribution in [0.1, 0.15) is 9.67 Å². The molecule has 0 aliphatic carbocycles. The summed E-state index contributed by atoms with van der Waals surface area (Å²) in [6, 6.07) is 19.1. The van der Waals surface area contributed by atoms with E-state index in [1.807, 2.05) is 24.3 Å². The minimum atomic E-state index is -0.628. The van der Waals surface area contributed by atoms with E-state index in [4.69, 9.17) is 4.74 Å². The number of aromatic amines is 1. The fourth-order valence-corrected chi connectivity index (χ4v) is 4.74. The number of H-pyrrole nitrogens is 1. The van der Waals surface area contributed by atoms with Crippen molar-refractivity contribution in [1.29, 1.82) is 0 Å². The molecule has 8 nitrogen and oxygen atoms in total. The van der Waals surface area contributed by atoms with Crippen molar-refractivity contribution >= 4 is 27.9 Å². The van der Waals surface area contributed by atoms with Crippen LogP contribution in [0.4, 0.5) is 10.7 Å². The number of rotatable bonds is 5. The first-order chi connectivity index (χ1) is 15.7. The molecule has 2 N–H and O–H groups in total. The molecule has 0 unspecified atom stereocenters. The van der Waals surface area contributed by atoms with Gasteiger partial charge >= 0.3 is 5.76 Å². The smallest absolute Gasteiger partial charge is 0.378 e. The van der Waals surface area contributed by atoms with E-state index < -0.39 is 5.76 Å². The first kappa shape index (κ1) is 20.2. The number of carbonyl (C=O) groups is 1. The van der Waals surface area contributed by atoms with Crippen molar-refractivity contribution in [2.75, 3.05) is 36.5 Å². The lowest BCUT2D eigenvalue weighted by molar-refractivity contribution is 0.103. The summed E-state index contributed by atoms with van der Waals surface area (Å²) in [4.78, 5) is 29.7. The van der Waals surface area contributed by atoms with E-state index >= 15 is 0 Å². The topological polar surface area (TPSA) is 100 Å². The van der Waals surface area contributed by atoms with Crippen LogP contribution in [0.25, 0.3) is 22.5 Å². The monoisotopic (exact) mass is 448 g/mol. The van der Waals surface area contributed by atoms with Gasteiger partial charge in [0.25, 0.3) is 5.91 Å². The van der Waals surface area contributed by atoms with Gasteiger partial charge in [0.1, 0.15) is 0 Å². The molecule has 1 amide bonds. The Labute approximate surface area is 187 Å². The Kier molecular flexibility index (Phi) is 5.57. The zero-order chi connectivity index (χ0) is 21.9. The summed E-state index contributed by atoms with van der Waals surface area (Å²) in [5.74, 6) is -0.516. The molecular formula is C23H20N4O4S. The van der Waals surface area contributed by atoms with Gasteiger partial charge in [-0.1, -0.05) is 47.6 Å². The Morgan fingerprint density at radius 1 is 1.03 bits per heavy atom. The molecule has 0 radical (unpaired) electrons. The molecule has 32 heavy (non-hydrogen) atoms. The lowest BCUT2D eigenvalue weighted by atomic mass is 10.1. The molecule has 1 fully saturated rings. The molecule has 1 aliphatic heterocycles. The standard InChI is InChI=1S/C23H20N4O4S/c28-21(24-17-8-4-7-16(13-17)20-25-23(29)31-26-20)19-14-18(15-5-2-1-3-6-15)22(32-19)27-9-11-30-12-10-27/h1-8,13-14H,9-12H2,(H,24,28)(H,25,26,29). The van der Waals surface area contributed by atoms with Crippen LogP contribution in [-0.4, -0.2) is 42.4 Å². The molecule has 0 bridgehead atoms. The van der Waals surface area contributed by atoms with Gasteiger partial charge in [0.15, 0.2) is 5.82 Å². The summed E-state index contributed by atoms with van der Waals surface area (Å²) in [5, 5.41) is 7.71. The van der Waals surface area contributed by atoms with Gasteiger partial charge in [0, 0.05) is 29.9 Å². The highest BCUT2D eigenvalue weighted by molar-refractivity contribution is 7.18. The quantitative estimate of drug-likeness (QED) is 0.481. The molecule has 1 saturated heterocycles. The SMILES string of the molecule is O=C(Nc1cccc(-c2noc(=O)[nH]2)c1)c1cc(-c2ccccc2)c(N2CCOCC2)s1. The largest absolute Gasteiger partial charge is 0.439 e. The van der Waals surface area contributed by atoms with E-state index in [0.717, 1.165) is 29.2 Å². The predicted molar refractivity (Wildman–Crippen MR) is 123 cm³/mol. The Bertz CT molecular complexity index is 1290. The van der Waals surface area contributed by atoms with Crippen LogP contribution >= 0.6 is 11.3 Å². The molecule has 1 aliphatic rings. The number of benzene rings is 2. The third-order valence-corrected chi connectivity index (χ3v) is 6.35. The van der Waals surface area contributed by atoms with E-state index in [2.05, 4.69) is 37.0 Å². The van der Waals surface area contributed by atoms with Gasteiger partial charge in [-0.2, -0.15) is 0 Å². The molecule has 0 saturated carbocycles. The number of ether oxygens (including phenoxy) is 1. The third-order valence-electron chi connectivity index (χ3n) is 5.15. The van der Waals surface area contributed by atoms with Gasteiger partial charge in [-0.15, -0.1) is 11.3 Å². The zero-order valence-corrected chi connectivity index (χ0v) is 17.9. The van der Waals surface area contributed by atoms with Gasteiger partial charge in [-0.25, -0.2) is 4.79 Å². The van der Waals surface area contributed by atoms with Gasteiger partial charge in [-0.05, 0) is 23.8 Å². The van der Waals surface area contributed by atoms with E-state index in [1.54, 1.807) is 24.3 Å². The van der Waals surface area contributed by atoms with Crippen LogP contribution in [-0.2, 0) is 4.74 Å². The summed E-state index contributed by atoms with van der Waals surface area (Å²) in [5.41, 5.74) is 3.34. The number of hydrogen-bond acceptors (Lipinski definition) is 7. The summed E-state index contributed by atoms with van der Waals surface area (Å²) >= 11 is 1.48. The first-order valence-corrected chi connectivity index (χ1v) is 11.0. The molecule has 162 valence electrons. The maximum absolute atomic E-state index is 13.1. The van der Waals surface area contributed by atoms with Crippen molar-refractivity contribution < 1.29 is 14.1 Å². The van der Waals surface area contributed by atoms with E-state index in [1.165, 1.54) is 11.3 Å². The average molecular weight is 449 g/mol. The fourth-order valence-electron chi connectivity index (χ4n) is 3.61. The molecule has 2 aromatic heterocycles. The Balaban J connectivity index is 1.44. The summed E-state index contributed by atoms with van der Waals surface area (Å²) in [6.45, 7) is 2.92. The lowest BCUT2D eigenvalue weighted by Gasteiger charge is -2.28. The van der Waals surface area contributed by atoms with Crippen molar-refractivity contribution in [2.45, 2.75) is 0 Å². The summed E-state index contributed by atoms with van der Waals surface area (Å²) in [7, 11) is 0. The number of hydrogen-bond donors (Lipinski definition) is 2. The Morgan fingerprint density at radius 2 is 1.81 bits per heavy atom. The third kappa shape index (κ3) is 4.20. The minimum Gasteiger partial charge on any atom is -0.378 e.